The third-order valence-electron chi connectivity index (χ3n) is 3.51. The smallest absolute Gasteiger partial charge is 0.203 e. The molecule has 20 heavy (non-hydrogen) atoms. The van der Waals surface area contributed by atoms with Gasteiger partial charge in [0.1, 0.15) is 0 Å². The molecule has 2 rings (SSSR count). The number of carbonyl (C=O) groups excluding carboxylic acids is 1. The largest absolute Gasteiger partial charge is 0.493 e. The summed E-state index contributed by atoms with van der Waals surface area (Å²) in [6.07, 6.45) is 6.09. The summed E-state index contributed by atoms with van der Waals surface area (Å²) in [5.74, 6) is 1.56. The molecule has 0 radical (unpaired) electrons. The van der Waals surface area contributed by atoms with Gasteiger partial charge in [0, 0.05) is 5.56 Å². The molecule has 0 bridgehead atoms. The zero-order valence-electron chi connectivity index (χ0n) is 12.2. The average molecular weight is 276 g/mol. The summed E-state index contributed by atoms with van der Waals surface area (Å²) in [6, 6.07) is 3.41. The van der Waals surface area contributed by atoms with Gasteiger partial charge in [-0.2, -0.15) is 0 Å². The molecule has 0 fully saturated rings. The minimum absolute atomic E-state index is 0.0453. The summed E-state index contributed by atoms with van der Waals surface area (Å²) in [5.41, 5.74) is 1.46. The van der Waals surface area contributed by atoms with Crippen molar-refractivity contribution in [1.29, 1.82) is 0 Å². The first-order valence-corrected chi connectivity index (χ1v) is 6.75. The van der Waals surface area contributed by atoms with Crippen LogP contribution in [0.25, 0.3) is 0 Å². The maximum atomic E-state index is 12.5. The van der Waals surface area contributed by atoms with Crippen molar-refractivity contribution >= 4 is 5.78 Å². The van der Waals surface area contributed by atoms with Crippen LogP contribution >= 0.6 is 0 Å². The Kier molecular flexibility index (Phi) is 4.66. The summed E-state index contributed by atoms with van der Waals surface area (Å²) in [7, 11) is 4.64. The molecule has 0 amide bonds. The van der Waals surface area contributed by atoms with E-state index in [0.29, 0.717) is 22.8 Å². The molecular formula is C16H20O4. The van der Waals surface area contributed by atoms with E-state index in [1.54, 1.807) is 33.5 Å². The fourth-order valence-corrected chi connectivity index (χ4v) is 2.44. The molecular weight excluding hydrogens is 256 g/mol. The van der Waals surface area contributed by atoms with E-state index in [0.717, 1.165) is 31.3 Å². The van der Waals surface area contributed by atoms with E-state index in [1.807, 2.05) is 6.08 Å². The van der Waals surface area contributed by atoms with Gasteiger partial charge in [0.15, 0.2) is 17.3 Å². The first kappa shape index (κ1) is 14.4. The van der Waals surface area contributed by atoms with Gasteiger partial charge in [-0.15, -0.1) is 0 Å². The average Bonchev–Trinajstić information content (AvgIpc) is 2.53. The quantitative estimate of drug-likeness (QED) is 0.773. The molecule has 0 saturated heterocycles. The van der Waals surface area contributed by atoms with Crippen LogP contribution in [-0.2, 0) is 0 Å². The van der Waals surface area contributed by atoms with E-state index < -0.39 is 0 Å². The van der Waals surface area contributed by atoms with Crippen molar-refractivity contribution in [1.82, 2.24) is 0 Å². The van der Waals surface area contributed by atoms with Crippen LogP contribution in [0.4, 0.5) is 0 Å². The minimum Gasteiger partial charge on any atom is -0.493 e. The van der Waals surface area contributed by atoms with Crippen LogP contribution in [0.15, 0.2) is 23.8 Å². The molecule has 1 aliphatic carbocycles. The fourth-order valence-electron chi connectivity index (χ4n) is 2.44. The van der Waals surface area contributed by atoms with Gasteiger partial charge in [-0.1, -0.05) is 6.08 Å². The maximum absolute atomic E-state index is 12.5. The predicted molar refractivity (Wildman–Crippen MR) is 77.0 cm³/mol. The van der Waals surface area contributed by atoms with Crippen LogP contribution in [0.3, 0.4) is 0 Å². The molecule has 0 heterocycles. The number of allylic oxidation sites excluding steroid dienone is 2. The Morgan fingerprint density at radius 1 is 1.00 bits per heavy atom. The number of carbonyl (C=O) groups is 1. The lowest BCUT2D eigenvalue weighted by Crippen LogP contribution is -2.07. The lowest BCUT2D eigenvalue weighted by molar-refractivity contribution is 0.102. The molecule has 1 aliphatic rings. The van der Waals surface area contributed by atoms with Gasteiger partial charge >= 0.3 is 0 Å². The highest BCUT2D eigenvalue weighted by atomic mass is 16.5. The van der Waals surface area contributed by atoms with E-state index in [1.165, 1.54) is 0 Å². The lowest BCUT2D eigenvalue weighted by Gasteiger charge is -2.15. The Labute approximate surface area is 119 Å². The second kappa shape index (κ2) is 6.46. The van der Waals surface area contributed by atoms with Gasteiger partial charge in [0.25, 0.3) is 0 Å². The number of ketones is 1. The Morgan fingerprint density at radius 3 is 2.10 bits per heavy atom. The van der Waals surface area contributed by atoms with Gasteiger partial charge in [-0.05, 0) is 43.4 Å². The summed E-state index contributed by atoms with van der Waals surface area (Å²) < 4.78 is 15.8. The predicted octanol–water partition coefficient (Wildman–Crippen LogP) is 3.40. The second-order valence-electron chi connectivity index (χ2n) is 4.72. The van der Waals surface area contributed by atoms with Crippen molar-refractivity contribution in [2.24, 2.45) is 0 Å². The van der Waals surface area contributed by atoms with Crippen LogP contribution in [0, 0.1) is 0 Å². The van der Waals surface area contributed by atoms with Crippen LogP contribution in [0.2, 0.25) is 0 Å². The first-order valence-electron chi connectivity index (χ1n) is 6.75. The van der Waals surface area contributed by atoms with Crippen LogP contribution in [0.5, 0.6) is 17.2 Å². The molecule has 0 atom stereocenters. The first-order chi connectivity index (χ1) is 9.71. The van der Waals surface area contributed by atoms with Crippen molar-refractivity contribution in [2.45, 2.75) is 25.7 Å². The molecule has 4 nitrogen and oxygen atoms in total. The third kappa shape index (κ3) is 2.79. The highest BCUT2D eigenvalue weighted by Crippen LogP contribution is 2.39. The van der Waals surface area contributed by atoms with E-state index in [2.05, 4.69) is 0 Å². The van der Waals surface area contributed by atoms with Crippen molar-refractivity contribution in [3.8, 4) is 17.2 Å². The Bertz CT molecular complexity index is 506. The summed E-state index contributed by atoms with van der Waals surface area (Å²) >= 11 is 0. The van der Waals surface area contributed by atoms with E-state index in [4.69, 9.17) is 14.2 Å². The second-order valence-corrected chi connectivity index (χ2v) is 4.72. The zero-order valence-corrected chi connectivity index (χ0v) is 12.2. The van der Waals surface area contributed by atoms with Gasteiger partial charge in [0.2, 0.25) is 5.75 Å². The fraction of sp³-hybridized carbons (Fsp3) is 0.438. The number of methoxy groups -OCH3 is 3. The van der Waals surface area contributed by atoms with E-state index in [9.17, 15) is 4.79 Å². The molecule has 0 unspecified atom stereocenters. The molecule has 0 saturated carbocycles. The molecule has 0 spiro atoms. The van der Waals surface area contributed by atoms with Gasteiger partial charge in [0.05, 0.1) is 21.3 Å². The number of Topliss-reactive ketones (excluding diaryl/α,β-unsaturated/α-hetero) is 1. The van der Waals surface area contributed by atoms with Gasteiger partial charge in [-0.25, -0.2) is 0 Å². The molecule has 1 aromatic carbocycles. The molecule has 1 aromatic rings. The van der Waals surface area contributed by atoms with Crippen LogP contribution in [-0.4, -0.2) is 27.1 Å². The van der Waals surface area contributed by atoms with Crippen molar-refractivity contribution < 1.29 is 19.0 Å². The zero-order chi connectivity index (χ0) is 14.5. The van der Waals surface area contributed by atoms with Crippen molar-refractivity contribution in [3.63, 3.8) is 0 Å². The maximum Gasteiger partial charge on any atom is 0.203 e. The molecule has 0 N–H and O–H groups in total. The van der Waals surface area contributed by atoms with Crippen LogP contribution in [0.1, 0.15) is 36.0 Å². The highest BCUT2D eigenvalue weighted by molar-refractivity contribution is 6.09. The molecule has 0 aliphatic heterocycles. The number of ether oxygens (including phenoxy) is 3. The highest BCUT2D eigenvalue weighted by Gasteiger charge is 2.20. The lowest BCUT2D eigenvalue weighted by atomic mass is 9.93. The van der Waals surface area contributed by atoms with Crippen LogP contribution < -0.4 is 14.2 Å². The summed E-state index contributed by atoms with van der Waals surface area (Å²) in [5, 5.41) is 0. The SMILES string of the molecule is COc1cc(C(=O)C2=CCCCC2)cc(OC)c1OC. The van der Waals surface area contributed by atoms with Crippen molar-refractivity contribution in [2.75, 3.05) is 21.3 Å². The van der Waals surface area contributed by atoms with Gasteiger partial charge < -0.3 is 14.2 Å². The van der Waals surface area contributed by atoms with Gasteiger partial charge in [-0.3, -0.25) is 4.79 Å². The third-order valence-corrected chi connectivity index (χ3v) is 3.51. The summed E-state index contributed by atoms with van der Waals surface area (Å²) in [6.45, 7) is 0. The van der Waals surface area contributed by atoms with E-state index in [-0.39, 0.29) is 5.78 Å². The van der Waals surface area contributed by atoms with Crippen molar-refractivity contribution in [3.05, 3.63) is 29.3 Å². The summed E-state index contributed by atoms with van der Waals surface area (Å²) in [4.78, 5) is 12.5. The normalized spacial score (nSPS) is 14.4. The Morgan fingerprint density at radius 2 is 1.65 bits per heavy atom. The number of hydrogen-bond acceptors (Lipinski definition) is 4. The minimum atomic E-state index is 0.0453. The topological polar surface area (TPSA) is 44.8 Å². The monoisotopic (exact) mass is 276 g/mol. The number of benzene rings is 1. The molecule has 0 aromatic heterocycles. The standard InChI is InChI=1S/C16H20O4/c1-18-13-9-12(10-14(19-2)16(13)20-3)15(17)11-7-5-4-6-8-11/h7,9-10H,4-6,8H2,1-3H3. The van der Waals surface area contributed by atoms with E-state index >= 15 is 0 Å². The Balaban J connectivity index is 2.41. The number of rotatable bonds is 5. The molecule has 4 heteroatoms. The molecule has 108 valence electrons. The Hall–Kier alpha value is -1.97. The number of hydrogen-bond donors (Lipinski definition) is 0.